The minimum absolute atomic E-state index is 0.0984. The van der Waals surface area contributed by atoms with Gasteiger partial charge in [0, 0.05) is 36.5 Å². The van der Waals surface area contributed by atoms with Crippen molar-refractivity contribution in [3.63, 3.8) is 0 Å². The van der Waals surface area contributed by atoms with E-state index in [0.717, 1.165) is 50.6 Å². The number of carbonyl (C=O) groups excluding carboxylic acids is 3. The fourth-order valence-corrected chi connectivity index (χ4v) is 5.51. The van der Waals surface area contributed by atoms with Gasteiger partial charge in [0.15, 0.2) is 5.78 Å². The van der Waals surface area contributed by atoms with Crippen LogP contribution < -0.4 is 10.6 Å². The number of hydrogen-bond donors (Lipinski definition) is 2. The molecule has 2 aliphatic carbocycles. The van der Waals surface area contributed by atoms with Crippen LogP contribution in [0.1, 0.15) is 93.5 Å². The smallest absolute Gasteiger partial charge is 0.251 e. The first kappa shape index (κ1) is 24.9. The lowest BCUT2D eigenvalue weighted by molar-refractivity contribution is -0.131. The van der Waals surface area contributed by atoms with Gasteiger partial charge in [0.05, 0.1) is 12.6 Å². The number of rotatable bonds is 9. The zero-order valence-corrected chi connectivity index (χ0v) is 20.9. The Bertz CT molecular complexity index is 873. The van der Waals surface area contributed by atoms with Gasteiger partial charge in [0.25, 0.3) is 5.91 Å². The minimum Gasteiger partial charge on any atom is -0.342 e. The summed E-state index contributed by atoms with van der Waals surface area (Å²) in [4.78, 5) is 40.8. The molecular weight excluding hydrogens is 426 g/mol. The van der Waals surface area contributed by atoms with Gasteiger partial charge < -0.3 is 15.5 Å². The quantitative estimate of drug-likeness (QED) is 0.574. The van der Waals surface area contributed by atoms with Crippen LogP contribution in [-0.4, -0.2) is 54.2 Å². The van der Waals surface area contributed by atoms with E-state index in [-0.39, 0.29) is 35.4 Å². The average molecular weight is 468 g/mol. The Balaban J connectivity index is 1.41. The summed E-state index contributed by atoms with van der Waals surface area (Å²) >= 11 is 0. The SMILES string of the molecule is CC(C)C(=O)C(NC(=O)c1cccc(C2CCCN(C(=O)CNC3CC3)C2)c1)C1CCCCC1. The normalized spacial score (nSPS) is 22.4. The van der Waals surface area contributed by atoms with E-state index in [1.807, 2.05) is 36.9 Å². The number of carbonyl (C=O) groups is 3. The Morgan fingerprint density at radius 1 is 1.00 bits per heavy atom. The molecule has 2 N–H and O–H groups in total. The lowest BCUT2D eigenvalue weighted by atomic mass is 9.80. The van der Waals surface area contributed by atoms with Crippen LogP contribution in [0, 0.1) is 11.8 Å². The fourth-order valence-electron chi connectivity index (χ4n) is 5.51. The first-order valence-electron chi connectivity index (χ1n) is 13.4. The summed E-state index contributed by atoms with van der Waals surface area (Å²) in [6.07, 6.45) is 9.83. The maximum atomic E-state index is 13.3. The van der Waals surface area contributed by atoms with E-state index in [0.29, 0.717) is 24.7 Å². The molecule has 1 saturated heterocycles. The van der Waals surface area contributed by atoms with Gasteiger partial charge in [-0.2, -0.15) is 0 Å². The first-order chi connectivity index (χ1) is 16.4. The summed E-state index contributed by atoms with van der Waals surface area (Å²) in [5, 5.41) is 6.44. The largest absolute Gasteiger partial charge is 0.342 e. The van der Waals surface area contributed by atoms with Crippen molar-refractivity contribution in [3.8, 4) is 0 Å². The molecular formula is C28H41N3O3. The van der Waals surface area contributed by atoms with E-state index in [1.54, 1.807) is 0 Å². The predicted octanol–water partition coefficient (Wildman–Crippen LogP) is 4.05. The summed E-state index contributed by atoms with van der Waals surface area (Å²) < 4.78 is 0. The van der Waals surface area contributed by atoms with Crippen LogP contribution in [0.4, 0.5) is 0 Å². The van der Waals surface area contributed by atoms with Crippen LogP contribution in [0.3, 0.4) is 0 Å². The summed E-state index contributed by atoms with van der Waals surface area (Å²) in [6.45, 7) is 5.77. The van der Waals surface area contributed by atoms with Gasteiger partial charge in [-0.3, -0.25) is 14.4 Å². The summed E-state index contributed by atoms with van der Waals surface area (Å²) in [6, 6.07) is 7.92. The number of piperidine rings is 1. The Kier molecular flexibility index (Phi) is 8.41. The number of hydrogen-bond acceptors (Lipinski definition) is 4. The third-order valence-electron chi connectivity index (χ3n) is 7.80. The van der Waals surface area contributed by atoms with Crippen LogP contribution >= 0.6 is 0 Å². The molecule has 2 saturated carbocycles. The molecule has 1 heterocycles. The summed E-state index contributed by atoms with van der Waals surface area (Å²) in [5.74, 6) is 0.518. The fraction of sp³-hybridized carbons (Fsp3) is 0.679. The van der Waals surface area contributed by atoms with Crippen LogP contribution in [0.25, 0.3) is 0 Å². The molecule has 0 aromatic heterocycles. The van der Waals surface area contributed by atoms with Crippen LogP contribution in [-0.2, 0) is 9.59 Å². The van der Waals surface area contributed by atoms with Crippen LogP contribution in [0.15, 0.2) is 24.3 Å². The van der Waals surface area contributed by atoms with Gasteiger partial charge in [-0.1, -0.05) is 45.2 Å². The van der Waals surface area contributed by atoms with Gasteiger partial charge >= 0.3 is 0 Å². The lowest BCUT2D eigenvalue weighted by Crippen LogP contribution is -2.48. The number of benzene rings is 1. The predicted molar refractivity (Wildman–Crippen MR) is 134 cm³/mol. The number of amides is 2. The monoisotopic (exact) mass is 467 g/mol. The number of ketones is 1. The average Bonchev–Trinajstić information content (AvgIpc) is 3.70. The van der Waals surface area contributed by atoms with E-state index >= 15 is 0 Å². The molecule has 6 heteroatoms. The van der Waals surface area contributed by atoms with Crippen molar-refractivity contribution in [2.75, 3.05) is 19.6 Å². The maximum Gasteiger partial charge on any atom is 0.251 e. The Morgan fingerprint density at radius 2 is 1.76 bits per heavy atom. The van der Waals surface area contributed by atoms with Crippen molar-refractivity contribution in [1.29, 1.82) is 0 Å². The molecule has 3 fully saturated rings. The molecule has 1 aromatic rings. The number of nitrogens with zero attached hydrogens (tertiary/aromatic N) is 1. The maximum absolute atomic E-state index is 13.3. The third-order valence-corrected chi connectivity index (χ3v) is 7.80. The minimum atomic E-state index is -0.404. The second-order valence-electron chi connectivity index (χ2n) is 10.9. The van der Waals surface area contributed by atoms with Gasteiger partial charge in [-0.05, 0) is 62.1 Å². The topological polar surface area (TPSA) is 78.5 Å². The molecule has 2 atom stereocenters. The molecule has 0 spiro atoms. The zero-order chi connectivity index (χ0) is 24.1. The highest BCUT2D eigenvalue weighted by molar-refractivity contribution is 5.98. The standard InChI is InChI=1S/C28H41N3O3/c1-19(2)27(33)26(20-8-4-3-5-9-20)30-28(34)22-11-6-10-21(16-22)23-12-7-15-31(18-23)25(32)17-29-24-13-14-24/h6,10-11,16,19-20,23-24,26,29H,3-5,7-9,12-15,17-18H2,1-2H3,(H,30,34). The van der Waals surface area contributed by atoms with Gasteiger partial charge in [-0.25, -0.2) is 0 Å². The molecule has 3 aliphatic rings. The number of nitrogens with one attached hydrogen (secondary N) is 2. The molecule has 2 amide bonds. The van der Waals surface area contributed by atoms with Crippen molar-refractivity contribution in [1.82, 2.24) is 15.5 Å². The van der Waals surface area contributed by atoms with Crippen LogP contribution in [0.5, 0.6) is 0 Å². The lowest BCUT2D eigenvalue weighted by Gasteiger charge is -2.33. The Hall–Kier alpha value is -2.21. The molecule has 1 aromatic carbocycles. The molecule has 186 valence electrons. The van der Waals surface area contributed by atoms with Crippen molar-refractivity contribution in [2.45, 2.75) is 89.6 Å². The van der Waals surface area contributed by atoms with Crippen molar-refractivity contribution < 1.29 is 14.4 Å². The van der Waals surface area contributed by atoms with Crippen LogP contribution in [0.2, 0.25) is 0 Å². The molecule has 0 radical (unpaired) electrons. The molecule has 0 bridgehead atoms. The van der Waals surface area contributed by atoms with Gasteiger partial charge in [-0.15, -0.1) is 0 Å². The second kappa shape index (κ2) is 11.5. The number of Topliss-reactive ketones (excluding diaryl/α,β-unsaturated/α-hetero) is 1. The van der Waals surface area contributed by atoms with Gasteiger partial charge in [0.1, 0.15) is 0 Å². The van der Waals surface area contributed by atoms with Gasteiger partial charge in [0.2, 0.25) is 5.91 Å². The van der Waals surface area contributed by atoms with E-state index in [2.05, 4.69) is 16.7 Å². The molecule has 4 rings (SSSR count). The molecule has 2 unspecified atom stereocenters. The summed E-state index contributed by atoms with van der Waals surface area (Å²) in [5.41, 5.74) is 1.71. The van der Waals surface area contributed by atoms with E-state index < -0.39 is 6.04 Å². The highest BCUT2D eigenvalue weighted by Crippen LogP contribution is 2.30. The molecule has 34 heavy (non-hydrogen) atoms. The van der Waals surface area contributed by atoms with Crippen molar-refractivity contribution in [2.24, 2.45) is 11.8 Å². The molecule has 1 aliphatic heterocycles. The highest BCUT2D eigenvalue weighted by Gasteiger charge is 2.33. The Labute approximate surface area is 204 Å². The summed E-state index contributed by atoms with van der Waals surface area (Å²) in [7, 11) is 0. The van der Waals surface area contributed by atoms with E-state index in [9.17, 15) is 14.4 Å². The Morgan fingerprint density at radius 3 is 2.47 bits per heavy atom. The first-order valence-corrected chi connectivity index (χ1v) is 13.4. The second-order valence-corrected chi connectivity index (χ2v) is 10.9. The zero-order valence-electron chi connectivity index (χ0n) is 20.9. The van der Waals surface area contributed by atoms with E-state index in [4.69, 9.17) is 0 Å². The van der Waals surface area contributed by atoms with Crippen molar-refractivity contribution >= 4 is 17.6 Å². The number of likely N-dealkylation sites (tertiary alicyclic amines) is 1. The van der Waals surface area contributed by atoms with E-state index in [1.165, 1.54) is 19.3 Å². The third kappa shape index (κ3) is 6.47. The van der Waals surface area contributed by atoms with Crippen molar-refractivity contribution in [3.05, 3.63) is 35.4 Å². The highest BCUT2D eigenvalue weighted by atomic mass is 16.2. The molecule has 6 nitrogen and oxygen atoms in total.